The fourth-order valence-corrected chi connectivity index (χ4v) is 2.40. The van der Waals surface area contributed by atoms with Crippen LogP contribution in [-0.2, 0) is 20.9 Å². The van der Waals surface area contributed by atoms with E-state index in [-0.39, 0.29) is 13.1 Å². The Balaban J connectivity index is 1.73. The lowest BCUT2D eigenvalue weighted by molar-refractivity contribution is -0.150. The summed E-state index contributed by atoms with van der Waals surface area (Å²) in [5.74, 6) is -1.47. The smallest absolute Gasteiger partial charge is 0.325 e. The van der Waals surface area contributed by atoms with Crippen molar-refractivity contribution in [3.8, 4) is 5.75 Å². The SMILES string of the molecule is CCOc1ccc(C(=O)NCC(=O)OCC(=O)N(C)Cc2ccccc2F)cc1. The van der Waals surface area contributed by atoms with E-state index in [1.807, 2.05) is 6.92 Å². The normalized spacial score (nSPS) is 10.2. The highest BCUT2D eigenvalue weighted by molar-refractivity contribution is 5.96. The molecule has 0 unspecified atom stereocenters. The Hall–Kier alpha value is -3.42. The Kier molecular flexibility index (Phi) is 8.14. The molecule has 1 N–H and O–H groups in total. The molecule has 0 aromatic heterocycles. The minimum absolute atomic E-state index is 0.0531. The van der Waals surface area contributed by atoms with Crippen LogP contribution in [0.1, 0.15) is 22.8 Å². The second kappa shape index (κ2) is 10.8. The van der Waals surface area contributed by atoms with Gasteiger partial charge in [-0.1, -0.05) is 18.2 Å². The first-order chi connectivity index (χ1) is 13.9. The van der Waals surface area contributed by atoms with Gasteiger partial charge in [0.15, 0.2) is 6.61 Å². The summed E-state index contributed by atoms with van der Waals surface area (Å²) in [6.07, 6.45) is 0. The van der Waals surface area contributed by atoms with Crippen molar-refractivity contribution in [3.63, 3.8) is 0 Å². The molecule has 0 fully saturated rings. The third-order valence-corrected chi connectivity index (χ3v) is 3.97. The van der Waals surface area contributed by atoms with Crippen molar-refractivity contribution < 1.29 is 28.2 Å². The molecule has 2 rings (SSSR count). The second-order valence-corrected chi connectivity index (χ2v) is 6.14. The molecule has 0 bridgehead atoms. The van der Waals surface area contributed by atoms with Crippen molar-refractivity contribution >= 4 is 17.8 Å². The van der Waals surface area contributed by atoms with Crippen LogP contribution >= 0.6 is 0 Å². The molecule has 0 atom stereocenters. The zero-order chi connectivity index (χ0) is 21.2. The van der Waals surface area contributed by atoms with E-state index < -0.39 is 30.2 Å². The maximum atomic E-state index is 13.6. The van der Waals surface area contributed by atoms with Gasteiger partial charge in [0, 0.05) is 24.7 Å². The third kappa shape index (κ3) is 6.91. The average molecular weight is 402 g/mol. The summed E-state index contributed by atoms with van der Waals surface area (Å²) in [5, 5.41) is 2.42. The molecule has 0 saturated carbocycles. The molecule has 0 saturated heterocycles. The van der Waals surface area contributed by atoms with Crippen LogP contribution in [-0.4, -0.2) is 49.5 Å². The molecule has 0 radical (unpaired) electrons. The molecular weight excluding hydrogens is 379 g/mol. The van der Waals surface area contributed by atoms with Gasteiger partial charge >= 0.3 is 5.97 Å². The van der Waals surface area contributed by atoms with Crippen LogP contribution in [0.3, 0.4) is 0 Å². The number of amides is 2. The van der Waals surface area contributed by atoms with Gasteiger partial charge in [0.2, 0.25) is 0 Å². The van der Waals surface area contributed by atoms with Crippen molar-refractivity contribution in [3.05, 3.63) is 65.5 Å². The number of halogens is 1. The highest BCUT2D eigenvalue weighted by Crippen LogP contribution is 2.12. The molecule has 2 aromatic rings. The lowest BCUT2D eigenvalue weighted by Crippen LogP contribution is -2.34. The lowest BCUT2D eigenvalue weighted by atomic mass is 10.2. The van der Waals surface area contributed by atoms with Crippen LogP contribution < -0.4 is 10.1 Å². The first-order valence-corrected chi connectivity index (χ1v) is 9.04. The van der Waals surface area contributed by atoms with Crippen molar-refractivity contribution in [2.24, 2.45) is 0 Å². The van der Waals surface area contributed by atoms with Crippen molar-refractivity contribution in [2.45, 2.75) is 13.5 Å². The fraction of sp³-hybridized carbons (Fsp3) is 0.286. The summed E-state index contributed by atoms with van der Waals surface area (Å²) in [6, 6.07) is 12.6. The number of nitrogens with one attached hydrogen (secondary N) is 1. The zero-order valence-corrected chi connectivity index (χ0v) is 16.3. The molecular formula is C21H23FN2O5. The van der Waals surface area contributed by atoms with Crippen LogP contribution in [0.2, 0.25) is 0 Å². The molecule has 8 heteroatoms. The van der Waals surface area contributed by atoms with Crippen LogP contribution in [0, 0.1) is 5.82 Å². The molecule has 0 spiro atoms. The summed E-state index contributed by atoms with van der Waals surface area (Å²) >= 11 is 0. The Morgan fingerprint density at radius 2 is 1.76 bits per heavy atom. The molecule has 154 valence electrons. The Morgan fingerprint density at radius 3 is 2.41 bits per heavy atom. The standard InChI is InChI=1S/C21H23FN2O5/c1-3-28-17-10-8-15(9-11-17)21(27)23-12-20(26)29-14-19(25)24(2)13-16-6-4-5-7-18(16)22/h4-11H,3,12-14H2,1-2H3,(H,23,27). The van der Waals surface area contributed by atoms with Gasteiger partial charge in [0.1, 0.15) is 18.1 Å². The van der Waals surface area contributed by atoms with Gasteiger partial charge in [-0.3, -0.25) is 14.4 Å². The first kappa shape index (κ1) is 21.9. The highest BCUT2D eigenvalue weighted by Gasteiger charge is 2.15. The van der Waals surface area contributed by atoms with Gasteiger partial charge in [-0.2, -0.15) is 0 Å². The topological polar surface area (TPSA) is 84.9 Å². The number of benzene rings is 2. The van der Waals surface area contributed by atoms with Crippen molar-refractivity contribution in [2.75, 3.05) is 26.8 Å². The van der Waals surface area contributed by atoms with E-state index in [2.05, 4.69) is 5.32 Å². The maximum absolute atomic E-state index is 13.6. The number of carbonyl (C=O) groups is 3. The first-order valence-electron chi connectivity index (χ1n) is 9.04. The fourth-order valence-electron chi connectivity index (χ4n) is 2.40. The third-order valence-electron chi connectivity index (χ3n) is 3.97. The second-order valence-electron chi connectivity index (χ2n) is 6.14. The molecule has 0 aliphatic heterocycles. The molecule has 7 nitrogen and oxygen atoms in total. The number of hydrogen-bond donors (Lipinski definition) is 1. The van der Waals surface area contributed by atoms with E-state index in [0.717, 1.165) is 0 Å². The largest absolute Gasteiger partial charge is 0.494 e. The number of rotatable bonds is 9. The molecule has 0 heterocycles. The van der Waals surface area contributed by atoms with E-state index in [9.17, 15) is 18.8 Å². The summed E-state index contributed by atoms with van der Waals surface area (Å²) in [4.78, 5) is 37.1. The predicted octanol–water partition coefficient (Wildman–Crippen LogP) is 2.16. The van der Waals surface area contributed by atoms with Gasteiger partial charge in [-0.05, 0) is 37.3 Å². The van der Waals surface area contributed by atoms with Gasteiger partial charge in [-0.15, -0.1) is 0 Å². The summed E-state index contributed by atoms with van der Waals surface area (Å²) in [6.45, 7) is 1.55. The van der Waals surface area contributed by atoms with E-state index >= 15 is 0 Å². The van der Waals surface area contributed by atoms with Crippen LogP contribution in [0.15, 0.2) is 48.5 Å². The molecule has 2 amide bonds. The molecule has 29 heavy (non-hydrogen) atoms. The van der Waals surface area contributed by atoms with Gasteiger partial charge in [0.05, 0.1) is 6.61 Å². The number of esters is 1. The number of likely N-dealkylation sites (N-methyl/N-ethyl adjacent to an activating group) is 1. The number of hydrogen-bond acceptors (Lipinski definition) is 5. The maximum Gasteiger partial charge on any atom is 0.325 e. The van der Waals surface area contributed by atoms with Crippen LogP contribution in [0.4, 0.5) is 4.39 Å². The van der Waals surface area contributed by atoms with Crippen LogP contribution in [0.25, 0.3) is 0 Å². The Bertz CT molecular complexity index is 854. The average Bonchev–Trinajstić information content (AvgIpc) is 2.72. The number of carbonyl (C=O) groups excluding carboxylic acids is 3. The summed E-state index contributed by atoms with van der Waals surface area (Å²) in [5.41, 5.74) is 0.722. The summed E-state index contributed by atoms with van der Waals surface area (Å²) < 4.78 is 23.8. The van der Waals surface area contributed by atoms with Crippen molar-refractivity contribution in [1.29, 1.82) is 0 Å². The monoisotopic (exact) mass is 402 g/mol. The molecule has 0 aliphatic carbocycles. The van der Waals surface area contributed by atoms with E-state index in [1.54, 1.807) is 42.5 Å². The molecule has 0 aliphatic rings. The van der Waals surface area contributed by atoms with Gasteiger partial charge in [0.25, 0.3) is 11.8 Å². The van der Waals surface area contributed by atoms with E-state index in [1.165, 1.54) is 18.0 Å². The number of nitrogens with zero attached hydrogens (tertiary/aromatic N) is 1. The van der Waals surface area contributed by atoms with Gasteiger partial charge in [-0.25, -0.2) is 4.39 Å². The van der Waals surface area contributed by atoms with Crippen LogP contribution in [0.5, 0.6) is 5.75 Å². The number of ether oxygens (including phenoxy) is 2. The van der Waals surface area contributed by atoms with Gasteiger partial charge < -0.3 is 19.7 Å². The van der Waals surface area contributed by atoms with Crippen molar-refractivity contribution in [1.82, 2.24) is 10.2 Å². The summed E-state index contributed by atoms with van der Waals surface area (Å²) in [7, 11) is 1.48. The van der Waals surface area contributed by atoms with E-state index in [4.69, 9.17) is 9.47 Å². The Labute approximate surface area is 168 Å². The van der Waals surface area contributed by atoms with E-state index in [0.29, 0.717) is 23.5 Å². The minimum Gasteiger partial charge on any atom is -0.494 e. The zero-order valence-electron chi connectivity index (χ0n) is 16.3. The lowest BCUT2D eigenvalue weighted by Gasteiger charge is -2.17. The highest BCUT2D eigenvalue weighted by atomic mass is 19.1. The predicted molar refractivity (Wildman–Crippen MR) is 104 cm³/mol. The minimum atomic E-state index is -0.753. The Morgan fingerprint density at radius 1 is 1.07 bits per heavy atom. The molecule has 2 aromatic carbocycles. The quantitative estimate of drug-likeness (QED) is 0.650.